The van der Waals surface area contributed by atoms with Gasteiger partial charge < -0.3 is 4.74 Å². The number of carbonyl (C=O) groups excluding carboxylic acids is 1. The number of likely N-dealkylation sites (tertiary alicyclic amines) is 1. The van der Waals surface area contributed by atoms with E-state index in [-0.39, 0.29) is 37.2 Å². The number of ether oxygens (including phenoxy) is 1. The van der Waals surface area contributed by atoms with Crippen molar-refractivity contribution in [1.29, 1.82) is 0 Å². The number of halogens is 4. The Morgan fingerprint density at radius 3 is 2.44 bits per heavy atom. The number of piperidine rings is 1. The third kappa shape index (κ3) is 6.52. The van der Waals surface area contributed by atoms with Crippen LogP contribution in [0.15, 0.2) is 30.3 Å². The van der Waals surface area contributed by atoms with E-state index < -0.39 is 38.8 Å². The molecular weight excluding hydrogens is 517 g/mol. The second-order valence-electron chi connectivity index (χ2n) is 9.70. The quantitative estimate of drug-likeness (QED) is 0.499. The topological polar surface area (TPSA) is 75.7 Å². The van der Waals surface area contributed by atoms with Crippen LogP contribution in [0.25, 0.3) is 0 Å². The van der Waals surface area contributed by atoms with Crippen molar-refractivity contribution < 1.29 is 31.1 Å². The molecule has 0 aromatic heterocycles. The lowest BCUT2D eigenvalue weighted by atomic mass is 9.92. The van der Waals surface area contributed by atoms with Gasteiger partial charge in [0.15, 0.2) is 0 Å². The molecule has 0 radical (unpaired) electrons. The van der Waals surface area contributed by atoms with Crippen LogP contribution < -0.4 is 9.46 Å². The Hall–Kier alpha value is -2.30. The predicted molar refractivity (Wildman–Crippen MR) is 131 cm³/mol. The summed E-state index contributed by atoms with van der Waals surface area (Å²) in [5.41, 5.74) is -0.761. The van der Waals surface area contributed by atoms with E-state index in [1.54, 1.807) is 10.8 Å². The first-order chi connectivity index (χ1) is 16.8. The molecule has 1 N–H and O–H groups in total. The summed E-state index contributed by atoms with van der Waals surface area (Å²) in [5, 5.41) is 0.306. The fourth-order valence-electron chi connectivity index (χ4n) is 4.50. The van der Waals surface area contributed by atoms with Crippen LogP contribution in [0.1, 0.15) is 66.1 Å². The van der Waals surface area contributed by atoms with Gasteiger partial charge in [-0.25, -0.2) is 26.3 Å². The molecule has 0 spiro atoms. The van der Waals surface area contributed by atoms with Crippen LogP contribution in [0, 0.1) is 11.6 Å². The van der Waals surface area contributed by atoms with Gasteiger partial charge in [-0.15, -0.1) is 0 Å². The average molecular weight is 545 g/mol. The maximum Gasteiger partial charge on any atom is 0.267 e. The van der Waals surface area contributed by atoms with E-state index in [1.165, 1.54) is 18.2 Å². The van der Waals surface area contributed by atoms with Gasteiger partial charge in [0.1, 0.15) is 29.7 Å². The van der Waals surface area contributed by atoms with Crippen LogP contribution in [-0.2, 0) is 10.0 Å². The highest BCUT2D eigenvalue weighted by atomic mass is 35.5. The molecule has 0 bridgehead atoms. The first-order valence-corrected chi connectivity index (χ1v) is 14.0. The minimum atomic E-state index is -3.86. The molecule has 1 aliphatic carbocycles. The summed E-state index contributed by atoms with van der Waals surface area (Å²) in [6, 6.07) is 6.53. The van der Waals surface area contributed by atoms with Gasteiger partial charge in [-0.2, -0.15) is 0 Å². The number of sulfonamides is 1. The molecule has 2 aromatic carbocycles. The molecule has 1 saturated heterocycles. The first kappa shape index (κ1) is 26.8. The lowest BCUT2D eigenvalue weighted by Crippen LogP contribution is -2.45. The summed E-state index contributed by atoms with van der Waals surface area (Å²) < 4.78 is 74.3. The van der Waals surface area contributed by atoms with Gasteiger partial charge >= 0.3 is 0 Å². The van der Waals surface area contributed by atoms with Crippen LogP contribution in [-0.4, -0.2) is 50.8 Å². The number of benzene rings is 2. The van der Waals surface area contributed by atoms with Crippen LogP contribution in [0.3, 0.4) is 0 Å². The molecule has 196 valence electrons. The predicted octanol–water partition coefficient (Wildman–Crippen LogP) is 5.13. The molecule has 1 heterocycles. The second-order valence-corrected chi connectivity index (χ2v) is 11.9. The molecule has 4 rings (SSSR count). The summed E-state index contributed by atoms with van der Waals surface area (Å²) in [5.74, 6) is -2.23. The Morgan fingerprint density at radius 1 is 1.19 bits per heavy atom. The maximum atomic E-state index is 15.6. The monoisotopic (exact) mass is 544 g/mol. The Kier molecular flexibility index (Phi) is 7.60. The molecule has 0 unspecified atom stereocenters. The van der Waals surface area contributed by atoms with Crippen molar-refractivity contribution >= 4 is 27.5 Å². The zero-order valence-electron chi connectivity index (χ0n) is 20.0. The number of nitrogens with zero attached hydrogens (tertiary/aromatic N) is 1. The number of alkyl halides is 1. The normalized spacial score (nSPS) is 19.1. The van der Waals surface area contributed by atoms with Crippen LogP contribution in [0.4, 0.5) is 13.2 Å². The van der Waals surface area contributed by atoms with Crippen LogP contribution >= 0.6 is 11.6 Å². The molecule has 1 saturated carbocycles. The number of rotatable bonds is 8. The standard InChI is InChI=1S/C25H28ClF3N2O4S/c1-15(17-9-18(26)11-19(27)10-17)31-7-5-25(29,6-8-31)14-35-23-13-22(28)21(12-20(23)16-3-4-16)24(32)30-36(2,33)34/h9-13,15-16H,3-8,14H2,1-2H3,(H,30,32)/t15-/m1/s1. The molecule has 11 heteroatoms. The van der Waals surface area contributed by atoms with E-state index in [1.807, 2.05) is 11.8 Å². The van der Waals surface area contributed by atoms with Crippen molar-refractivity contribution in [2.24, 2.45) is 0 Å². The van der Waals surface area contributed by atoms with Crippen molar-refractivity contribution in [3.8, 4) is 5.75 Å². The third-order valence-corrected chi connectivity index (χ3v) is 7.51. The smallest absolute Gasteiger partial charge is 0.267 e. The Labute approximate surface area is 213 Å². The van der Waals surface area contributed by atoms with Crippen molar-refractivity contribution in [2.45, 2.75) is 50.2 Å². The van der Waals surface area contributed by atoms with Crippen molar-refractivity contribution in [3.63, 3.8) is 0 Å². The average Bonchev–Trinajstić information content (AvgIpc) is 3.61. The minimum absolute atomic E-state index is 0.0433. The zero-order valence-corrected chi connectivity index (χ0v) is 21.6. The largest absolute Gasteiger partial charge is 0.490 e. The van der Waals surface area contributed by atoms with E-state index in [0.29, 0.717) is 29.2 Å². The molecule has 2 fully saturated rings. The molecule has 1 aliphatic heterocycles. The fraction of sp³-hybridized carbons (Fsp3) is 0.480. The van der Waals surface area contributed by atoms with Crippen LogP contribution in [0.5, 0.6) is 5.75 Å². The van der Waals surface area contributed by atoms with E-state index in [4.69, 9.17) is 16.3 Å². The highest BCUT2D eigenvalue weighted by Crippen LogP contribution is 2.45. The minimum Gasteiger partial charge on any atom is -0.490 e. The Bertz CT molecular complexity index is 1240. The van der Waals surface area contributed by atoms with Gasteiger partial charge in [-0.05, 0) is 73.9 Å². The Morgan fingerprint density at radius 2 is 1.86 bits per heavy atom. The highest BCUT2D eigenvalue weighted by Gasteiger charge is 2.38. The molecule has 6 nitrogen and oxygen atoms in total. The lowest BCUT2D eigenvalue weighted by Gasteiger charge is -2.39. The maximum absolute atomic E-state index is 15.6. The van der Waals surface area contributed by atoms with Gasteiger partial charge in [0.2, 0.25) is 10.0 Å². The summed E-state index contributed by atoms with van der Waals surface area (Å²) in [6.07, 6.45) is 2.79. The summed E-state index contributed by atoms with van der Waals surface area (Å²) in [7, 11) is -3.86. The Balaban J connectivity index is 1.42. The van der Waals surface area contributed by atoms with Gasteiger partial charge in [0.05, 0.1) is 11.8 Å². The molecule has 1 atom stereocenters. The lowest BCUT2D eigenvalue weighted by molar-refractivity contribution is 0.00611. The third-order valence-electron chi connectivity index (χ3n) is 6.73. The van der Waals surface area contributed by atoms with Crippen molar-refractivity contribution in [1.82, 2.24) is 9.62 Å². The molecule has 1 amide bonds. The highest BCUT2D eigenvalue weighted by molar-refractivity contribution is 7.89. The number of amides is 1. The molecular formula is C25H28ClF3N2O4S. The number of hydrogen-bond acceptors (Lipinski definition) is 5. The van der Waals surface area contributed by atoms with Crippen LogP contribution in [0.2, 0.25) is 5.02 Å². The number of carbonyl (C=O) groups is 1. The van der Waals surface area contributed by atoms with E-state index >= 15 is 4.39 Å². The SMILES string of the molecule is C[C@H](c1cc(F)cc(Cl)c1)N1CCC(F)(COc2cc(F)c(C(=O)NS(C)(=O)=O)cc2C2CC2)CC1. The van der Waals surface area contributed by atoms with E-state index in [2.05, 4.69) is 0 Å². The summed E-state index contributed by atoms with van der Waals surface area (Å²) in [4.78, 5) is 14.3. The van der Waals surface area contributed by atoms with E-state index in [0.717, 1.165) is 25.2 Å². The van der Waals surface area contributed by atoms with Crippen molar-refractivity contribution in [3.05, 3.63) is 63.7 Å². The molecule has 2 aliphatic rings. The first-order valence-electron chi connectivity index (χ1n) is 11.7. The number of hydrogen-bond donors (Lipinski definition) is 1. The van der Waals surface area contributed by atoms with E-state index in [9.17, 15) is 22.0 Å². The van der Waals surface area contributed by atoms with Gasteiger partial charge in [0, 0.05) is 30.2 Å². The molecule has 2 aromatic rings. The number of nitrogens with one attached hydrogen (secondary N) is 1. The summed E-state index contributed by atoms with van der Waals surface area (Å²) >= 11 is 5.97. The second kappa shape index (κ2) is 10.2. The summed E-state index contributed by atoms with van der Waals surface area (Å²) in [6.45, 7) is 2.47. The van der Waals surface area contributed by atoms with Crippen molar-refractivity contribution in [2.75, 3.05) is 26.0 Å². The van der Waals surface area contributed by atoms with Gasteiger partial charge in [0.25, 0.3) is 5.91 Å². The molecule has 36 heavy (non-hydrogen) atoms. The zero-order chi connectivity index (χ0) is 26.3. The fourth-order valence-corrected chi connectivity index (χ4v) is 5.18. The van der Waals surface area contributed by atoms with Gasteiger partial charge in [-0.1, -0.05) is 11.6 Å². The van der Waals surface area contributed by atoms with Gasteiger partial charge in [-0.3, -0.25) is 9.69 Å².